The molecule has 0 spiro atoms. The van der Waals surface area contributed by atoms with Gasteiger partial charge in [-0.2, -0.15) is 5.26 Å². The fourth-order valence-electron chi connectivity index (χ4n) is 1.47. The van der Waals surface area contributed by atoms with Crippen LogP contribution in [0.5, 0.6) is 0 Å². The predicted molar refractivity (Wildman–Crippen MR) is 62.0 cm³/mol. The minimum Gasteiger partial charge on any atom is -0.198 e. The highest BCUT2D eigenvalue weighted by Crippen LogP contribution is 2.08. The average Bonchev–Trinajstić information content (AvgIpc) is 2.21. The molecule has 0 unspecified atom stereocenters. The van der Waals surface area contributed by atoms with Gasteiger partial charge in [0.05, 0.1) is 12.5 Å². The lowest BCUT2D eigenvalue weighted by molar-refractivity contribution is 0.592. The third kappa shape index (κ3) is 11.2. The molecule has 0 saturated carbocycles. The lowest BCUT2D eigenvalue weighted by Crippen LogP contribution is -1.78. The van der Waals surface area contributed by atoms with Gasteiger partial charge in [0, 0.05) is 0 Å². The molecule has 14 heavy (non-hydrogen) atoms. The molecular weight excluding hydrogens is 170 g/mol. The van der Waals surface area contributed by atoms with Crippen LogP contribution < -0.4 is 0 Å². The van der Waals surface area contributed by atoms with E-state index in [1.807, 2.05) is 6.08 Å². The summed E-state index contributed by atoms with van der Waals surface area (Å²) in [5, 5.41) is 8.29. The first-order chi connectivity index (χ1) is 6.91. The Bertz CT molecular complexity index is 165. The van der Waals surface area contributed by atoms with E-state index in [0.29, 0.717) is 6.42 Å². The molecule has 0 saturated heterocycles. The Morgan fingerprint density at radius 1 is 0.929 bits per heavy atom. The smallest absolute Gasteiger partial charge is 0.0663 e. The van der Waals surface area contributed by atoms with Gasteiger partial charge >= 0.3 is 0 Å². The third-order valence-electron chi connectivity index (χ3n) is 2.35. The van der Waals surface area contributed by atoms with Crippen molar-refractivity contribution in [3.8, 4) is 6.07 Å². The van der Waals surface area contributed by atoms with Crippen LogP contribution in [0.4, 0.5) is 0 Å². The molecule has 0 fully saturated rings. The molecule has 80 valence electrons. The summed E-state index contributed by atoms with van der Waals surface area (Å²) in [7, 11) is 0. The fraction of sp³-hybridized carbons (Fsp3) is 0.769. The Labute approximate surface area is 88.8 Å². The maximum absolute atomic E-state index is 8.29. The van der Waals surface area contributed by atoms with Crippen LogP contribution in [0, 0.1) is 11.3 Å². The van der Waals surface area contributed by atoms with E-state index in [0.717, 1.165) is 6.42 Å². The zero-order valence-electron chi connectivity index (χ0n) is 9.47. The van der Waals surface area contributed by atoms with E-state index < -0.39 is 0 Å². The molecule has 0 rings (SSSR count). The van der Waals surface area contributed by atoms with Gasteiger partial charge in [0.15, 0.2) is 0 Å². The van der Waals surface area contributed by atoms with Gasteiger partial charge in [0.1, 0.15) is 0 Å². The Morgan fingerprint density at radius 3 is 2.21 bits per heavy atom. The largest absolute Gasteiger partial charge is 0.198 e. The fourth-order valence-corrected chi connectivity index (χ4v) is 1.47. The van der Waals surface area contributed by atoms with Crippen molar-refractivity contribution in [1.82, 2.24) is 0 Å². The van der Waals surface area contributed by atoms with Crippen LogP contribution in [0.1, 0.15) is 64.7 Å². The van der Waals surface area contributed by atoms with E-state index in [9.17, 15) is 0 Å². The Hall–Kier alpha value is -0.770. The predicted octanol–water partition coefficient (Wildman–Crippen LogP) is 4.60. The molecule has 0 aromatic rings. The molecule has 0 radical (unpaired) electrons. The Kier molecular flexibility index (Phi) is 11.6. The van der Waals surface area contributed by atoms with E-state index in [4.69, 9.17) is 5.26 Å². The lowest BCUT2D eigenvalue weighted by atomic mass is 10.1. The first-order valence-electron chi connectivity index (χ1n) is 5.93. The number of nitrogens with zero attached hydrogens (tertiary/aromatic N) is 1. The minimum atomic E-state index is 0.566. The second-order valence-electron chi connectivity index (χ2n) is 3.74. The van der Waals surface area contributed by atoms with Crippen molar-refractivity contribution in [2.45, 2.75) is 64.7 Å². The van der Waals surface area contributed by atoms with Gasteiger partial charge in [-0.15, -0.1) is 0 Å². The van der Waals surface area contributed by atoms with Crippen molar-refractivity contribution >= 4 is 0 Å². The van der Waals surface area contributed by atoms with Crippen LogP contribution in [-0.2, 0) is 0 Å². The zero-order chi connectivity index (χ0) is 10.5. The summed E-state index contributed by atoms with van der Waals surface area (Å²) in [6.07, 6.45) is 15.4. The molecule has 0 atom stereocenters. The Balaban J connectivity index is 2.96. The molecule has 1 heteroatoms. The van der Waals surface area contributed by atoms with Crippen molar-refractivity contribution in [2.24, 2.45) is 0 Å². The summed E-state index contributed by atoms with van der Waals surface area (Å²) in [4.78, 5) is 0. The SMILES string of the molecule is CCCCCCCCC/C=C/CC#N. The number of hydrogen-bond donors (Lipinski definition) is 0. The average molecular weight is 193 g/mol. The van der Waals surface area contributed by atoms with Crippen LogP contribution in [0.2, 0.25) is 0 Å². The molecule has 0 aliphatic carbocycles. The van der Waals surface area contributed by atoms with E-state index in [1.165, 1.54) is 44.9 Å². The normalized spacial score (nSPS) is 10.6. The molecule has 0 aliphatic heterocycles. The van der Waals surface area contributed by atoms with Crippen molar-refractivity contribution < 1.29 is 0 Å². The van der Waals surface area contributed by atoms with Crippen LogP contribution >= 0.6 is 0 Å². The van der Waals surface area contributed by atoms with Crippen LogP contribution in [-0.4, -0.2) is 0 Å². The van der Waals surface area contributed by atoms with Gasteiger partial charge in [-0.05, 0) is 12.8 Å². The number of rotatable bonds is 9. The standard InChI is InChI=1S/C13H23N/c1-2-3-4-5-6-7-8-9-10-11-12-13-14/h10-11H,2-9,12H2,1H3/b11-10+. The van der Waals surface area contributed by atoms with Gasteiger partial charge in [-0.25, -0.2) is 0 Å². The molecular formula is C13H23N. The van der Waals surface area contributed by atoms with Gasteiger partial charge in [0.25, 0.3) is 0 Å². The summed E-state index contributed by atoms with van der Waals surface area (Å²) in [6, 6.07) is 2.11. The maximum Gasteiger partial charge on any atom is 0.0663 e. The molecule has 0 aromatic heterocycles. The van der Waals surface area contributed by atoms with Gasteiger partial charge in [-0.3, -0.25) is 0 Å². The van der Waals surface area contributed by atoms with Gasteiger partial charge < -0.3 is 0 Å². The summed E-state index contributed by atoms with van der Waals surface area (Å²) in [5.74, 6) is 0. The molecule has 0 aromatic carbocycles. The molecule has 1 nitrogen and oxygen atoms in total. The summed E-state index contributed by atoms with van der Waals surface area (Å²) in [5.41, 5.74) is 0. The summed E-state index contributed by atoms with van der Waals surface area (Å²) < 4.78 is 0. The first-order valence-corrected chi connectivity index (χ1v) is 5.93. The second kappa shape index (κ2) is 12.2. The third-order valence-corrected chi connectivity index (χ3v) is 2.35. The van der Waals surface area contributed by atoms with Crippen LogP contribution in [0.3, 0.4) is 0 Å². The highest BCUT2D eigenvalue weighted by atomic mass is 14.2. The van der Waals surface area contributed by atoms with Crippen LogP contribution in [0.25, 0.3) is 0 Å². The van der Waals surface area contributed by atoms with E-state index in [1.54, 1.807) is 0 Å². The van der Waals surface area contributed by atoms with Crippen molar-refractivity contribution in [2.75, 3.05) is 0 Å². The number of allylic oxidation sites excluding steroid dienone is 2. The minimum absolute atomic E-state index is 0.566. The van der Waals surface area contributed by atoms with Crippen LogP contribution in [0.15, 0.2) is 12.2 Å². The van der Waals surface area contributed by atoms with Gasteiger partial charge in [-0.1, -0.05) is 57.6 Å². The van der Waals surface area contributed by atoms with Crippen molar-refractivity contribution in [3.63, 3.8) is 0 Å². The van der Waals surface area contributed by atoms with Crippen molar-refractivity contribution in [3.05, 3.63) is 12.2 Å². The molecule has 0 amide bonds. The molecule has 0 bridgehead atoms. The van der Waals surface area contributed by atoms with E-state index in [2.05, 4.69) is 19.1 Å². The monoisotopic (exact) mass is 193 g/mol. The molecule has 0 N–H and O–H groups in total. The topological polar surface area (TPSA) is 23.8 Å². The quantitative estimate of drug-likeness (QED) is 0.388. The number of unbranched alkanes of at least 4 members (excludes halogenated alkanes) is 7. The molecule has 0 heterocycles. The lowest BCUT2D eigenvalue weighted by Gasteiger charge is -1.98. The number of hydrogen-bond acceptors (Lipinski definition) is 1. The zero-order valence-corrected chi connectivity index (χ0v) is 9.47. The Morgan fingerprint density at radius 2 is 1.57 bits per heavy atom. The summed E-state index contributed by atoms with van der Waals surface area (Å²) in [6.45, 7) is 2.25. The second-order valence-corrected chi connectivity index (χ2v) is 3.74. The number of nitriles is 1. The summed E-state index contributed by atoms with van der Waals surface area (Å²) >= 11 is 0. The van der Waals surface area contributed by atoms with E-state index >= 15 is 0 Å². The van der Waals surface area contributed by atoms with E-state index in [-0.39, 0.29) is 0 Å². The highest BCUT2D eigenvalue weighted by Gasteiger charge is 1.88. The molecule has 0 aliphatic rings. The van der Waals surface area contributed by atoms with Crippen molar-refractivity contribution in [1.29, 1.82) is 5.26 Å². The van der Waals surface area contributed by atoms with Gasteiger partial charge in [0.2, 0.25) is 0 Å². The maximum atomic E-state index is 8.29. The first kappa shape index (κ1) is 13.2. The highest BCUT2D eigenvalue weighted by molar-refractivity contribution is 4.90.